The zero-order valence-electron chi connectivity index (χ0n) is 15.8. The van der Waals surface area contributed by atoms with Gasteiger partial charge < -0.3 is 20.4 Å². The van der Waals surface area contributed by atoms with E-state index in [1.165, 1.54) is 6.26 Å². The Kier molecular flexibility index (Phi) is 9.01. The van der Waals surface area contributed by atoms with Crippen LogP contribution in [-0.2, 0) is 13.1 Å². The quantitative estimate of drug-likeness (QED) is 0.249. The first-order chi connectivity index (χ1) is 13.6. The van der Waals surface area contributed by atoms with Crippen molar-refractivity contribution in [2.75, 3.05) is 12.4 Å². The lowest BCUT2D eigenvalue weighted by Gasteiger charge is -2.12. The van der Waals surface area contributed by atoms with E-state index in [0.29, 0.717) is 24.7 Å². The third-order valence-corrected chi connectivity index (χ3v) is 4.27. The van der Waals surface area contributed by atoms with E-state index < -0.39 is 0 Å². The minimum atomic E-state index is -0.275. The first kappa shape index (κ1) is 22.8. The summed E-state index contributed by atoms with van der Waals surface area (Å²) in [5.74, 6) is 0.703. The molecular formula is C21H22ClIN4O2. The SMILES string of the molecule is CN=C(NCc1ccc(Cl)cc1)NCc1ccc(NC(=O)c2ccco2)cc1.I. The van der Waals surface area contributed by atoms with Gasteiger partial charge in [0.2, 0.25) is 0 Å². The fraction of sp³-hybridized carbons (Fsp3) is 0.143. The van der Waals surface area contributed by atoms with Gasteiger partial charge in [0, 0.05) is 30.8 Å². The van der Waals surface area contributed by atoms with Gasteiger partial charge in [-0.1, -0.05) is 35.9 Å². The van der Waals surface area contributed by atoms with Crippen LogP contribution in [0.2, 0.25) is 5.02 Å². The number of furan rings is 1. The van der Waals surface area contributed by atoms with Gasteiger partial charge in [-0.05, 0) is 47.5 Å². The van der Waals surface area contributed by atoms with Gasteiger partial charge >= 0.3 is 0 Å². The number of halogens is 2. The molecule has 0 unspecified atom stereocenters. The number of anilines is 1. The molecule has 0 fully saturated rings. The monoisotopic (exact) mass is 524 g/mol. The van der Waals surface area contributed by atoms with Crippen molar-refractivity contribution in [3.8, 4) is 0 Å². The molecule has 6 nitrogen and oxygen atoms in total. The number of carbonyl (C=O) groups excluding carboxylic acids is 1. The Morgan fingerprint density at radius 2 is 1.55 bits per heavy atom. The average molecular weight is 525 g/mol. The molecular weight excluding hydrogens is 503 g/mol. The Morgan fingerprint density at radius 3 is 2.07 bits per heavy atom. The van der Waals surface area contributed by atoms with Gasteiger partial charge in [-0.15, -0.1) is 24.0 Å². The molecule has 0 aliphatic rings. The van der Waals surface area contributed by atoms with Crippen LogP contribution in [-0.4, -0.2) is 18.9 Å². The average Bonchev–Trinajstić information content (AvgIpc) is 3.26. The molecule has 0 atom stereocenters. The van der Waals surface area contributed by atoms with Crippen LogP contribution < -0.4 is 16.0 Å². The molecule has 0 radical (unpaired) electrons. The first-order valence-corrected chi connectivity index (χ1v) is 9.14. The molecule has 3 aromatic rings. The van der Waals surface area contributed by atoms with Crippen molar-refractivity contribution in [3.05, 3.63) is 88.8 Å². The van der Waals surface area contributed by atoms with Gasteiger partial charge in [0.1, 0.15) is 0 Å². The summed E-state index contributed by atoms with van der Waals surface area (Å²) >= 11 is 5.90. The number of amides is 1. The molecule has 0 aliphatic heterocycles. The summed E-state index contributed by atoms with van der Waals surface area (Å²) < 4.78 is 5.08. The van der Waals surface area contributed by atoms with Crippen molar-refractivity contribution in [1.29, 1.82) is 0 Å². The molecule has 3 rings (SSSR count). The number of aliphatic imine (C=N–C) groups is 1. The van der Waals surface area contributed by atoms with E-state index >= 15 is 0 Å². The van der Waals surface area contributed by atoms with Gasteiger partial charge in [0.25, 0.3) is 5.91 Å². The molecule has 0 spiro atoms. The first-order valence-electron chi connectivity index (χ1n) is 8.77. The van der Waals surface area contributed by atoms with Crippen molar-refractivity contribution in [1.82, 2.24) is 10.6 Å². The maximum Gasteiger partial charge on any atom is 0.291 e. The summed E-state index contributed by atoms with van der Waals surface area (Å²) in [4.78, 5) is 16.2. The highest BCUT2D eigenvalue weighted by atomic mass is 127. The normalized spacial score (nSPS) is 10.8. The van der Waals surface area contributed by atoms with Crippen molar-refractivity contribution < 1.29 is 9.21 Å². The fourth-order valence-corrected chi connectivity index (χ4v) is 2.63. The second-order valence-corrected chi connectivity index (χ2v) is 6.47. The molecule has 0 aliphatic carbocycles. The van der Waals surface area contributed by atoms with Crippen LogP contribution in [0.4, 0.5) is 5.69 Å². The van der Waals surface area contributed by atoms with Gasteiger partial charge in [-0.25, -0.2) is 0 Å². The third kappa shape index (κ3) is 7.10. The summed E-state index contributed by atoms with van der Waals surface area (Å²) in [5, 5.41) is 10.0. The van der Waals surface area contributed by atoms with Crippen LogP contribution in [0.25, 0.3) is 0 Å². The van der Waals surface area contributed by atoms with Crippen molar-refractivity contribution >= 4 is 53.1 Å². The molecule has 0 saturated heterocycles. The number of benzene rings is 2. The number of guanidine groups is 1. The fourth-order valence-electron chi connectivity index (χ4n) is 2.50. The van der Waals surface area contributed by atoms with Crippen LogP contribution in [0, 0.1) is 0 Å². The zero-order chi connectivity index (χ0) is 19.8. The smallest absolute Gasteiger partial charge is 0.291 e. The lowest BCUT2D eigenvalue weighted by atomic mass is 10.2. The lowest BCUT2D eigenvalue weighted by molar-refractivity contribution is 0.0996. The third-order valence-electron chi connectivity index (χ3n) is 4.01. The van der Waals surface area contributed by atoms with Gasteiger partial charge in [-0.3, -0.25) is 9.79 Å². The largest absolute Gasteiger partial charge is 0.459 e. The summed E-state index contributed by atoms with van der Waals surface area (Å²) in [6, 6.07) is 18.5. The highest BCUT2D eigenvalue weighted by molar-refractivity contribution is 14.0. The highest BCUT2D eigenvalue weighted by Crippen LogP contribution is 2.12. The number of carbonyl (C=O) groups is 1. The summed E-state index contributed by atoms with van der Waals surface area (Å²) in [5.41, 5.74) is 2.88. The number of rotatable bonds is 6. The molecule has 152 valence electrons. The number of nitrogens with zero attached hydrogens (tertiary/aromatic N) is 1. The zero-order valence-corrected chi connectivity index (χ0v) is 18.9. The molecule has 1 amide bonds. The summed E-state index contributed by atoms with van der Waals surface area (Å²) in [6.07, 6.45) is 1.47. The molecule has 1 heterocycles. The molecule has 3 N–H and O–H groups in total. The van der Waals surface area contributed by atoms with Crippen LogP contribution in [0.3, 0.4) is 0 Å². The number of hydrogen-bond donors (Lipinski definition) is 3. The maximum absolute atomic E-state index is 12.0. The molecule has 2 aromatic carbocycles. The van der Waals surface area contributed by atoms with E-state index in [0.717, 1.165) is 16.1 Å². The van der Waals surface area contributed by atoms with Crippen LogP contribution in [0.5, 0.6) is 0 Å². The summed E-state index contributed by atoms with van der Waals surface area (Å²) in [7, 11) is 1.73. The van der Waals surface area contributed by atoms with Gasteiger partial charge in [-0.2, -0.15) is 0 Å². The molecule has 8 heteroatoms. The Labute approximate surface area is 191 Å². The van der Waals surface area contributed by atoms with E-state index in [4.69, 9.17) is 16.0 Å². The van der Waals surface area contributed by atoms with Gasteiger partial charge in [0.05, 0.1) is 6.26 Å². The number of hydrogen-bond acceptors (Lipinski definition) is 3. The van der Waals surface area contributed by atoms with Crippen LogP contribution >= 0.6 is 35.6 Å². The Hall–Kier alpha value is -2.52. The van der Waals surface area contributed by atoms with Crippen molar-refractivity contribution in [3.63, 3.8) is 0 Å². The Balaban J connectivity index is 0.00000300. The van der Waals surface area contributed by atoms with Gasteiger partial charge in [0.15, 0.2) is 11.7 Å². The Bertz CT molecular complexity index is 926. The van der Waals surface area contributed by atoms with E-state index in [2.05, 4.69) is 20.9 Å². The van der Waals surface area contributed by atoms with Crippen molar-refractivity contribution in [2.45, 2.75) is 13.1 Å². The maximum atomic E-state index is 12.0. The van der Waals surface area contributed by atoms with Crippen molar-refractivity contribution in [2.24, 2.45) is 4.99 Å². The predicted octanol–water partition coefficient (Wildman–Crippen LogP) is 4.67. The second-order valence-electron chi connectivity index (χ2n) is 6.03. The van der Waals surface area contributed by atoms with E-state index in [1.807, 2.05) is 48.5 Å². The minimum Gasteiger partial charge on any atom is -0.459 e. The second kappa shape index (κ2) is 11.5. The van der Waals surface area contributed by atoms with E-state index in [1.54, 1.807) is 19.2 Å². The predicted molar refractivity (Wildman–Crippen MR) is 127 cm³/mol. The number of nitrogens with one attached hydrogen (secondary N) is 3. The molecule has 0 saturated carbocycles. The van der Waals surface area contributed by atoms with E-state index in [9.17, 15) is 4.79 Å². The standard InChI is InChI=1S/C21H21ClN4O2.HI/c1-23-21(24-13-15-4-8-17(22)9-5-15)25-14-16-6-10-18(11-7-16)26-20(27)19-3-2-12-28-19;/h2-12H,13-14H2,1H3,(H,26,27)(H2,23,24,25);1H. The van der Waals surface area contributed by atoms with Crippen LogP contribution in [0.15, 0.2) is 76.3 Å². The highest BCUT2D eigenvalue weighted by Gasteiger charge is 2.08. The molecule has 29 heavy (non-hydrogen) atoms. The lowest BCUT2D eigenvalue weighted by Crippen LogP contribution is -2.36. The van der Waals surface area contributed by atoms with E-state index in [-0.39, 0.29) is 35.6 Å². The van der Waals surface area contributed by atoms with Crippen LogP contribution in [0.1, 0.15) is 21.7 Å². The Morgan fingerprint density at radius 1 is 0.966 bits per heavy atom. The molecule has 0 bridgehead atoms. The minimum absolute atomic E-state index is 0. The summed E-state index contributed by atoms with van der Waals surface area (Å²) in [6.45, 7) is 1.25. The molecule has 1 aromatic heterocycles. The topological polar surface area (TPSA) is 78.7 Å².